The van der Waals surface area contributed by atoms with Crippen LogP contribution in [0, 0.1) is 0 Å². The first-order valence-electron chi connectivity index (χ1n) is 6.93. The average Bonchev–Trinajstić information content (AvgIpc) is 2.36. The van der Waals surface area contributed by atoms with Gasteiger partial charge in [0.25, 0.3) is 0 Å². The normalized spacial score (nSPS) is 14.1. The van der Waals surface area contributed by atoms with Gasteiger partial charge in [-0.05, 0) is 38.1 Å². The van der Waals surface area contributed by atoms with Crippen LogP contribution in [0.5, 0.6) is 0 Å². The monoisotopic (exact) mass is 341 g/mol. The van der Waals surface area contributed by atoms with E-state index in [2.05, 4.69) is 27.3 Å². The summed E-state index contributed by atoms with van der Waals surface area (Å²) in [5, 5.41) is 2.89. The molecule has 2 unspecified atom stereocenters. The number of carbonyl (C=O) groups excluding carboxylic acids is 1. The number of hydrogen-bond donors (Lipinski definition) is 2. The zero-order chi connectivity index (χ0) is 15.1. The maximum atomic E-state index is 11.8. The Morgan fingerprint density at radius 1 is 1.50 bits per heavy atom. The second-order valence-electron chi connectivity index (χ2n) is 5.12. The summed E-state index contributed by atoms with van der Waals surface area (Å²) < 4.78 is 1.02. The topological polar surface area (TPSA) is 58.4 Å². The van der Waals surface area contributed by atoms with Crippen LogP contribution in [0.25, 0.3) is 0 Å². The Kier molecular flexibility index (Phi) is 7.19. The third-order valence-corrected chi connectivity index (χ3v) is 3.62. The first-order chi connectivity index (χ1) is 9.45. The van der Waals surface area contributed by atoms with Gasteiger partial charge < -0.3 is 11.1 Å². The van der Waals surface area contributed by atoms with E-state index in [-0.39, 0.29) is 18.0 Å². The summed E-state index contributed by atoms with van der Waals surface area (Å²) in [7, 11) is 1.93. The van der Waals surface area contributed by atoms with Crippen molar-refractivity contribution < 1.29 is 4.79 Å². The van der Waals surface area contributed by atoms with Gasteiger partial charge in [-0.1, -0.05) is 35.0 Å². The van der Waals surface area contributed by atoms with Crippen LogP contribution in [-0.2, 0) is 4.79 Å². The van der Waals surface area contributed by atoms with E-state index in [0.29, 0.717) is 13.1 Å². The Morgan fingerprint density at radius 3 is 2.75 bits per heavy atom. The Balaban J connectivity index is 2.78. The van der Waals surface area contributed by atoms with Crippen LogP contribution in [0.4, 0.5) is 0 Å². The van der Waals surface area contributed by atoms with Gasteiger partial charge in [0.05, 0.1) is 6.54 Å². The quantitative estimate of drug-likeness (QED) is 0.799. The maximum absolute atomic E-state index is 11.8. The van der Waals surface area contributed by atoms with E-state index in [9.17, 15) is 4.79 Å². The predicted molar refractivity (Wildman–Crippen MR) is 86.5 cm³/mol. The van der Waals surface area contributed by atoms with Crippen molar-refractivity contribution in [1.29, 1.82) is 0 Å². The van der Waals surface area contributed by atoms with Gasteiger partial charge in [-0.2, -0.15) is 0 Å². The number of nitrogens with two attached hydrogens (primary N) is 1. The molecule has 0 aliphatic heterocycles. The lowest BCUT2D eigenvalue weighted by atomic mass is 9.99. The molecule has 0 saturated heterocycles. The van der Waals surface area contributed by atoms with Crippen molar-refractivity contribution in [1.82, 2.24) is 10.2 Å². The molecular weight excluding hydrogens is 318 g/mol. The van der Waals surface area contributed by atoms with Gasteiger partial charge in [0.15, 0.2) is 0 Å². The van der Waals surface area contributed by atoms with Crippen LogP contribution in [0.15, 0.2) is 28.7 Å². The smallest absolute Gasteiger partial charge is 0.234 e. The molecule has 1 aromatic rings. The first kappa shape index (κ1) is 17.1. The van der Waals surface area contributed by atoms with Crippen LogP contribution < -0.4 is 11.1 Å². The minimum Gasteiger partial charge on any atom is -0.355 e. The molecule has 0 spiro atoms. The summed E-state index contributed by atoms with van der Waals surface area (Å²) in [5.74, 6) is 0.0370. The van der Waals surface area contributed by atoms with Crippen molar-refractivity contribution in [3.63, 3.8) is 0 Å². The van der Waals surface area contributed by atoms with E-state index in [1.165, 1.54) is 0 Å². The number of nitrogens with zero attached hydrogens (tertiary/aromatic N) is 1. The minimum absolute atomic E-state index is 0.0138. The maximum Gasteiger partial charge on any atom is 0.234 e. The molecule has 0 saturated carbocycles. The Bertz CT molecular complexity index is 437. The summed E-state index contributed by atoms with van der Waals surface area (Å²) in [4.78, 5) is 13.8. The first-order valence-corrected chi connectivity index (χ1v) is 7.73. The molecule has 0 fully saturated rings. The molecule has 112 valence electrons. The number of halogens is 1. The van der Waals surface area contributed by atoms with Crippen molar-refractivity contribution >= 4 is 21.8 Å². The summed E-state index contributed by atoms with van der Waals surface area (Å²) in [5.41, 5.74) is 7.22. The molecule has 0 aromatic heterocycles. The van der Waals surface area contributed by atoms with Crippen molar-refractivity contribution in [2.45, 2.75) is 32.4 Å². The number of nitrogens with one attached hydrogen (secondary N) is 1. The highest BCUT2D eigenvalue weighted by atomic mass is 79.9. The second kappa shape index (κ2) is 8.39. The van der Waals surface area contributed by atoms with E-state index >= 15 is 0 Å². The molecule has 1 amide bonds. The van der Waals surface area contributed by atoms with Gasteiger partial charge in [-0.3, -0.25) is 9.69 Å². The van der Waals surface area contributed by atoms with Gasteiger partial charge in [-0.15, -0.1) is 0 Å². The molecule has 1 aromatic carbocycles. The SMILES string of the molecule is CCCNC(=O)CN(C)C(c1cccc(Br)c1)C(C)N. The van der Waals surface area contributed by atoms with Crippen molar-refractivity contribution in [3.05, 3.63) is 34.3 Å². The summed E-state index contributed by atoms with van der Waals surface area (Å²) in [6.45, 7) is 5.06. The molecule has 2 atom stereocenters. The summed E-state index contributed by atoms with van der Waals surface area (Å²) >= 11 is 3.48. The lowest BCUT2D eigenvalue weighted by Crippen LogP contribution is -2.42. The van der Waals surface area contributed by atoms with E-state index in [0.717, 1.165) is 16.5 Å². The fourth-order valence-electron chi connectivity index (χ4n) is 2.30. The number of likely N-dealkylation sites (N-methyl/N-ethyl adjacent to an activating group) is 1. The summed E-state index contributed by atoms with van der Waals surface area (Å²) in [6.07, 6.45) is 0.942. The highest BCUT2D eigenvalue weighted by Crippen LogP contribution is 2.24. The third kappa shape index (κ3) is 5.23. The number of hydrogen-bond acceptors (Lipinski definition) is 3. The number of carbonyl (C=O) groups is 1. The molecular formula is C15H24BrN3O. The molecule has 20 heavy (non-hydrogen) atoms. The van der Waals surface area contributed by atoms with Gasteiger partial charge in [-0.25, -0.2) is 0 Å². The average molecular weight is 342 g/mol. The van der Waals surface area contributed by atoms with Gasteiger partial charge >= 0.3 is 0 Å². The van der Waals surface area contributed by atoms with Crippen LogP contribution in [-0.4, -0.2) is 37.0 Å². The lowest BCUT2D eigenvalue weighted by molar-refractivity contribution is -0.122. The fourth-order valence-corrected chi connectivity index (χ4v) is 2.71. The minimum atomic E-state index is -0.0618. The zero-order valence-corrected chi connectivity index (χ0v) is 14.0. The highest BCUT2D eigenvalue weighted by Gasteiger charge is 2.22. The van der Waals surface area contributed by atoms with Gasteiger partial charge in [0.1, 0.15) is 0 Å². The standard InChI is InChI=1S/C15H24BrN3O/c1-4-8-18-14(20)10-19(3)15(11(2)17)12-6-5-7-13(16)9-12/h5-7,9,11,15H,4,8,10,17H2,1-3H3,(H,18,20). The molecule has 0 bridgehead atoms. The van der Waals surface area contributed by atoms with Crippen molar-refractivity contribution in [2.75, 3.05) is 20.1 Å². The number of benzene rings is 1. The van der Waals surface area contributed by atoms with Crippen LogP contribution >= 0.6 is 15.9 Å². The molecule has 0 radical (unpaired) electrons. The molecule has 0 heterocycles. The van der Waals surface area contributed by atoms with Crippen molar-refractivity contribution in [3.8, 4) is 0 Å². The number of amides is 1. The molecule has 3 N–H and O–H groups in total. The molecule has 0 aliphatic rings. The predicted octanol–water partition coefficient (Wildman–Crippen LogP) is 2.30. The Morgan fingerprint density at radius 2 is 2.20 bits per heavy atom. The lowest BCUT2D eigenvalue weighted by Gasteiger charge is -2.31. The molecule has 4 nitrogen and oxygen atoms in total. The second-order valence-corrected chi connectivity index (χ2v) is 6.04. The number of rotatable bonds is 7. The summed E-state index contributed by atoms with van der Waals surface area (Å²) in [6, 6.07) is 8.01. The molecule has 5 heteroatoms. The van der Waals surface area contributed by atoms with E-state index in [1.54, 1.807) is 0 Å². The van der Waals surface area contributed by atoms with E-state index < -0.39 is 0 Å². The van der Waals surface area contributed by atoms with E-state index in [1.807, 2.05) is 44.0 Å². The van der Waals surface area contributed by atoms with Crippen LogP contribution in [0.2, 0.25) is 0 Å². The Hall–Kier alpha value is -0.910. The van der Waals surface area contributed by atoms with Gasteiger partial charge in [0.2, 0.25) is 5.91 Å². The van der Waals surface area contributed by atoms with Crippen LogP contribution in [0.3, 0.4) is 0 Å². The third-order valence-electron chi connectivity index (χ3n) is 3.13. The highest BCUT2D eigenvalue weighted by molar-refractivity contribution is 9.10. The molecule has 1 rings (SSSR count). The van der Waals surface area contributed by atoms with E-state index in [4.69, 9.17) is 5.73 Å². The van der Waals surface area contributed by atoms with Crippen LogP contribution in [0.1, 0.15) is 31.9 Å². The Labute approximate surface area is 129 Å². The largest absolute Gasteiger partial charge is 0.355 e. The zero-order valence-electron chi connectivity index (χ0n) is 12.4. The molecule has 0 aliphatic carbocycles. The fraction of sp³-hybridized carbons (Fsp3) is 0.533. The van der Waals surface area contributed by atoms with Gasteiger partial charge in [0, 0.05) is 23.1 Å². The van der Waals surface area contributed by atoms with Crippen molar-refractivity contribution in [2.24, 2.45) is 5.73 Å².